The third-order valence-electron chi connectivity index (χ3n) is 7.71. The minimum absolute atomic E-state index is 0.0466. The first kappa shape index (κ1) is 30.0. The van der Waals surface area contributed by atoms with Gasteiger partial charge in [-0.15, -0.1) is 0 Å². The van der Waals surface area contributed by atoms with Gasteiger partial charge in [-0.3, -0.25) is 4.79 Å². The second kappa shape index (κ2) is 11.3. The highest BCUT2D eigenvalue weighted by molar-refractivity contribution is 5.89. The molecule has 0 spiro atoms. The monoisotopic (exact) mass is 594 g/mol. The SMILES string of the molecule is COc1cc(-c2cc(=O)c3c(O)cc(O)c(C4OC(CO)C(O)C(O)C4O)c3o2)cc(C2OC(O)C(O)C2CO)c1O. The second-order valence-electron chi connectivity index (χ2n) is 10.2. The van der Waals surface area contributed by atoms with Gasteiger partial charge in [0.2, 0.25) is 0 Å². The van der Waals surface area contributed by atoms with Crippen LogP contribution in [0.3, 0.4) is 0 Å². The molecule has 42 heavy (non-hydrogen) atoms. The van der Waals surface area contributed by atoms with E-state index in [2.05, 4.69) is 0 Å². The summed E-state index contributed by atoms with van der Waals surface area (Å²) >= 11 is 0. The molecule has 15 nitrogen and oxygen atoms in total. The van der Waals surface area contributed by atoms with Gasteiger partial charge in [-0.1, -0.05) is 0 Å². The van der Waals surface area contributed by atoms with E-state index in [1.807, 2.05) is 0 Å². The molecule has 10 N–H and O–H groups in total. The van der Waals surface area contributed by atoms with Crippen molar-refractivity contribution < 1.29 is 69.7 Å². The average molecular weight is 595 g/mol. The summed E-state index contributed by atoms with van der Waals surface area (Å²) in [4.78, 5) is 13.3. The summed E-state index contributed by atoms with van der Waals surface area (Å²) in [5.41, 5.74) is -1.65. The molecule has 5 rings (SSSR count). The van der Waals surface area contributed by atoms with Crippen LogP contribution in [-0.2, 0) is 9.47 Å². The van der Waals surface area contributed by atoms with Crippen molar-refractivity contribution >= 4 is 11.0 Å². The third kappa shape index (κ3) is 4.74. The van der Waals surface area contributed by atoms with Crippen molar-refractivity contribution in [3.8, 4) is 34.3 Å². The fourth-order valence-corrected chi connectivity index (χ4v) is 5.45. The molecule has 2 fully saturated rings. The number of benzene rings is 2. The summed E-state index contributed by atoms with van der Waals surface area (Å²) < 4.78 is 22.1. The Morgan fingerprint density at radius 3 is 2.17 bits per heavy atom. The zero-order chi connectivity index (χ0) is 30.6. The quantitative estimate of drug-likeness (QED) is 0.155. The summed E-state index contributed by atoms with van der Waals surface area (Å²) in [5.74, 6) is -3.26. The Hall–Kier alpha value is -3.51. The van der Waals surface area contributed by atoms with Gasteiger partial charge < -0.3 is 69.7 Å². The Labute approximate surface area is 236 Å². The molecular formula is C27H30O15. The van der Waals surface area contributed by atoms with Gasteiger partial charge in [0, 0.05) is 29.2 Å². The first-order valence-corrected chi connectivity index (χ1v) is 12.8. The molecule has 0 aliphatic carbocycles. The van der Waals surface area contributed by atoms with Crippen LogP contribution < -0.4 is 10.2 Å². The maximum atomic E-state index is 13.3. The minimum Gasteiger partial charge on any atom is -0.507 e. The van der Waals surface area contributed by atoms with Crippen molar-refractivity contribution in [2.45, 2.75) is 49.0 Å². The standard InChI is InChI=1S/C27H30O15/c1-39-15-3-8(2-9(19(15)33)24-10(6-28)20(34)27(38)42-24)14-5-13(32)17-11(30)4-12(31)18(25(17)40-14)26-23(37)22(36)21(35)16(7-29)41-26/h2-5,10,16,20-24,26-31,33-38H,6-7H2,1H3. The predicted octanol–water partition coefficient (Wildman–Crippen LogP) is -1.54. The Balaban J connectivity index is 1.72. The van der Waals surface area contributed by atoms with E-state index in [0.717, 1.165) is 12.1 Å². The number of ether oxygens (including phenoxy) is 3. The smallest absolute Gasteiger partial charge is 0.197 e. The fourth-order valence-electron chi connectivity index (χ4n) is 5.45. The summed E-state index contributed by atoms with van der Waals surface area (Å²) in [6.07, 6.45) is -12.8. The summed E-state index contributed by atoms with van der Waals surface area (Å²) in [6, 6.07) is 4.35. The van der Waals surface area contributed by atoms with Crippen molar-refractivity contribution in [1.29, 1.82) is 0 Å². The van der Waals surface area contributed by atoms with Crippen LogP contribution in [0.1, 0.15) is 23.3 Å². The number of fused-ring (bicyclic) bond motifs is 1. The van der Waals surface area contributed by atoms with E-state index >= 15 is 0 Å². The Kier molecular flexibility index (Phi) is 8.06. The third-order valence-corrected chi connectivity index (χ3v) is 7.71. The van der Waals surface area contributed by atoms with Gasteiger partial charge in [0.25, 0.3) is 0 Å². The van der Waals surface area contributed by atoms with E-state index < -0.39 is 102 Å². The van der Waals surface area contributed by atoms with Gasteiger partial charge in [0.1, 0.15) is 59.3 Å². The van der Waals surface area contributed by atoms with Crippen molar-refractivity contribution in [2.75, 3.05) is 20.3 Å². The number of aliphatic hydroxyl groups is 7. The van der Waals surface area contributed by atoms with Crippen molar-refractivity contribution in [1.82, 2.24) is 0 Å². The minimum atomic E-state index is -1.87. The van der Waals surface area contributed by atoms with E-state index in [1.54, 1.807) is 0 Å². The number of aromatic hydroxyl groups is 3. The highest BCUT2D eigenvalue weighted by Gasteiger charge is 2.47. The number of methoxy groups -OCH3 is 1. The molecule has 1 aromatic heterocycles. The van der Waals surface area contributed by atoms with Crippen molar-refractivity contribution in [2.24, 2.45) is 5.92 Å². The molecule has 2 aliphatic rings. The lowest BCUT2D eigenvalue weighted by molar-refractivity contribution is -0.231. The molecule has 9 atom stereocenters. The Morgan fingerprint density at radius 2 is 1.52 bits per heavy atom. The molecular weight excluding hydrogens is 564 g/mol. The Morgan fingerprint density at radius 1 is 0.810 bits per heavy atom. The Bertz CT molecular complexity index is 1530. The lowest BCUT2D eigenvalue weighted by atomic mass is 9.89. The van der Waals surface area contributed by atoms with Gasteiger partial charge in [0.15, 0.2) is 28.8 Å². The van der Waals surface area contributed by atoms with Gasteiger partial charge >= 0.3 is 0 Å². The van der Waals surface area contributed by atoms with Crippen molar-refractivity contribution in [3.05, 3.63) is 45.6 Å². The molecule has 15 heteroatoms. The van der Waals surface area contributed by atoms with Crippen LogP contribution in [0.4, 0.5) is 0 Å². The van der Waals surface area contributed by atoms with Crippen LogP contribution in [0.25, 0.3) is 22.3 Å². The number of rotatable bonds is 6. The summed E-state index contributed by atoms with van der Waals surface area (Å²) in [5, 5.41) is 102. The van der Waals surface area contributed by atoms with Gasteiger partial charge in [0.05, 0.1) is 32.0 Å². The van der Waals surface area contributed by atoms with Crippen LogP contribution in [0.15, 0.2) is 33.5 Å². The number of phenolic OH excluding ortho intramolecular Hbond substituents is 3. The maximum Gasteiger partial charge on any atom is 0.197 e. The van der Waals surface area contributed by atoms with E-state index in [1.165, 1.54) is 19.2 Å². The van der Waals surface area contributed by atoms with Gasteiger partial charge in [-0.2, -0.15) is 0 Å². The molecule has 3 aromatic rings. The normalized spacial score (nSPS) is 31.5. The molecule has 2 aromatic carbocycles. The molecule has 2 saturated heterocycles. The molecule has 0 amide bonds. The first-order valence-electron chi connectivity index (χ1n) is 12.8. The summed E-state index contributed by atoms with van der Waals surface area (Å²) in [7, 11) is 1.23. The molecule has 3 heterocycles. The summed E-state index contributed by atoms with van der Waals surface area (Å²) in [6.45, 7) is -1.40. The molecule has 0 radical (unpaired) electrons. The van der Waals surface area contributed by atoms with Crippen LogP contribution in [0.2, 0.25) is 0 Å². The van der Waals surface area contributed by atoms with Gasteiger partial charge in [-0.25, -0.2) is 0 Å². The highest BCUT2D eigenvalue weighted by atomic mass is 16.6. The second-order valence-corrected chi connectivity index (χ2v) is 10.2. The number of aliphatic hydroxyl groups excluding tert-OH is 7. The number of phenols is 3. The molecule has 0 bridgehead atoms. The molecule has 2 aliphatic heterocycles. The predicted molar refractivity (Wildman–Crippen MR) is 139 cm³/mol. The molecule has 9 unspecified atom stereocenters. The largest absolute Gasteiger partial charge is 0.507 e. The zero-order valence-electron chi connectivity index (χ0n) is 21.9. The van der Waals surface area contributed by atoms with E-state index in [4.69, 9.17) is 18.6 Å². The van der Waals surface area contributed by atoms with Crippen molar-refractivity contribution in [3.63, 3.8) is 0 Å². The fraction of sp³-hybridized carbons (Fsp3) is 0.444. The number of hydrogen-bond donors (Lipinski definition) is 10. The van der Waals surface area contributed by atoms with Crippen LogP contribution in [0.5, 0.6) is 23.0 Å². The van der Waals surface area contributed by atoms with E-state index in [-0.39, 0.29) is 28.2 Å². The van der Waals surface area contributed by atoms with Crippen LogP contribution in [-0.4, -0.2) is 108 Å². The highest BCUT2D eigenvalue weighted by Crippen LogP contribution is 2.47. The van der Waals surface area contributed by atoms with E-state index in [0.29, 0.717) is 0 Å². The first-order chi connectivity index (χ1) is 19.9. The lowest BCUT2D eigenvalue weighted by Crippen LogP contribution is -2.55. The average Bonchev–Trinajstić information content (AvgIpc) is 3.25. The van der Waals surface area contributed by atoms with Crippen LogP contribution >= 0.6 is 0 Å². The van der Waals surface area contributed by atoms with Crippen LogP contribution in [0, 0.1) is 5.92 Å². The van der Waals surface area contributed by atoms with E-state index in [9.17, 15) is 55.9 Å². The topological polar surface area (TPSA) is 260 Å². The zero-order valence-corrected chi connectivity index (χ0v) is 21.9. The molecule has 228 valence electrons. The molecule has 0 saturated carbocycles. The number of hydrogen-bond acceptors (Lipinski definition) is 15. The lowest BCUT2D eigenvalue weighted by Gasteiger charge is -2.40. The van der Waals surface area contributed by atoms with Gasteiger partial charge in [-0.05, 0) is 12.1 Å². The maximum absolute atomic E-state index is 13.3.